The Morgan fingerprint density at radius 2 is 2.27 bits per heavy atom. The first-order valence-corrected chi connectivity index (χ1v) is 9.50. The third-order valence-electron chi connectivity index (χ3n) is 4.17. The number of rotatable bonds is 6. The lowest BCUT2D eigenvalue weighted by molar-refractivity contribution is 0.0505. The molecule has 1 aliphatic rings. The molecule has 0 aromatic carbocycles. The van der Waals surface area contributed by atoms with E-state index in [0.717, 1.165) is 44.2 Å². The summed E-state index contributed by atoms with van der Waals surface area (Å²) in [4.78, 5) is 10.7. The maximum absolute atomic E-state index is 9.39. The maximum atomic E-state index is 9.39. The molecule has 1 atom stereocenters. The fraction of sp³-hybridized carbons (Fsp3) is 0.562. The van der Waals surface area contributed by atoms with Crippen molar-refractivity contribution in [2.24, 2.45) is 0 Å². The van der Waals surface area contributed by atoms with E-state index in [1.807, 2.05) is 6.20 Å². The number of thiophene rings is 1. The third-order valence-corrected chi connectivity index (χ3v) is 5.80. The summed E-state index contributed by atoms with van der Waals surface area (Å²) in [6.45, 7) is 7.49. The molecule has 0 aliphatic carbocycles. The molecule has 0 bridgehead atoms. The van der Waals surface area contributed by atoms with Crippen molar-refractivity contribution in [3.8, 4) is 0 Å². The zero-order chi connectivity index (χ0) is 15.4. The third kappa shape index (κ3) is 4.14. The average molecular weight is 338 g/mol. The van der Waals surface area contributed by atoms with Gasteiger partial charge in [0.1, 0.15) is 0 Å². The molecule has 0 saturated carbocycles. The predicted molar refractivity (Wildman–Crippen MR) is 92.3 cm³/mol. The van der Waals surface area contributed by atoms with Gasteiger partial charge in [-0.1, -0.05) is 0 Å². The fourth-order valence-electron chi connectivity index (χ4n) is 3.05. The van der Waals surface area contributed by atoms with Crippen molar-refractivity contribution in [3.05, 3.63) is 38.5 Å². The Labute approximate surface area is 140 Å². The molecular weight excluding hydrogens is 314 g/mol. The van der Waals surface area contributed by atoms with Gasteiger partial charge in [-0.05, 0) is 35.7 Å². The van der Waals surface area contributed by atoms with Crippen LogP contribution < -0.4 is 0 Å². The van der Waals surface area contributed by atoms with Gasteiger partial charge in [0.25, 0.3) is 0 Å². The summed E-state index contributed by atoms with van der Waals surface area (Å²) in [6.07, 6.45) is 2.85. The summed E-state index contributed by atoms with van der Waals surface area (Å²) in [5.74, 6) is 0. The van der Waals surface area contributed by atoms with E-state index in [0.29, 0.717) is 6.04 Å². The van der Waals surface area contributed by atoms with E-state index in [1.54, 1.807) is 22.7 Å². The summed E-state index contributed by atoms with van der Waals surface area (Å²) in [5.41, 5.74) is 1.39. The van der Waals surface area contributed by atoms with Crippen LogP contribution in [-0.2, 0) is 13.1 Å². The van der Waals surface area contributed by atoms with Crippen molar-refractivity contribution in [2.75, 3.05) is 26.2 Å². The highest BCUT2D eigenvalue weighted by atomic mass is 32.1. The molecule has 3 heterocycles. The second-order valence-corrected chi connectivity index (χ2v) is 7.95. The SMILES string of the molecule is Cc1ncc(CN2CCN(Cc3ccsc3)C(CCO)C2)s1. The monoisotopic (exact) mass is 337 g/mol. The van der Waals surface area contributed by atoms with Crippen molar-refractivity contribution >= 4 is 22.7 Å². The van der Waals surface area contributed by atoms with Crippen LogP contribution in [-0.4, -0.2) is 52.2 Å². The van der Waals surface area contributed by atoms with Gasteiger partial charge in [-0.3, -0.25) is 9.80 Å². The van der Waals surface area contributed by atoms with Crippen molar-refractivity contribution in [2.45, 2.75) is 32.5 Å². The molecule has 1 N–H and O–H groups in total. The van der Waals surface area contributed by atoms with Crippen LogP contribution >= 0.6 is 22.7 Å². The van der Waals surface area contributed by atoms with Crippen LogP contribution in [0.3, 0.4) is 0 Å². The summed E-state index contributed by atoms with van der Waals surface area (Å²) >= 11 is 3.54. The highest BCUT2D eigenvalue weighted by Crippen LogP contribution is 2.21. The number of hydrogen-bond acceptors (Lipinski definition) is 6. The zero-order valence-electron chi connectivity index (χ0n) is 12.9. The lowest BCUT2D eigenvalue weighted by Gasteiger charge is -2.41. The van der Waals surface area contributed by atoms with Crippen LogP contribution in [0.15, 0.2) is 23.0 Å². The molecule has 2 aromatic rings. The number of aryl methyl sites for hydroxylation is 1. The van der Waals surface area contributed by atoms with Gasteiger partial charge in [0, 0.05) is 56.4 Å². The fourth-order valence-corrected chi connectivity index (χ4v) is 4.55. The molecule has 1 saturated heterocycles. The van der Waals surface area contributed by atoms with Crippen LogP contribution in [0.25, 0.3) is 0 Å². The highest BCUT2D eigenvalue weighted by molar-refractivity contribution is 7.11. The number of aromatic nitrogens is 1. The van der Waals surface area contributed by atoms with Gasteiger partial charge < -0.3 is 5.11 Å². The van der Waals surface area contributed by atoms with Crippen LogP contribution in [0.5, 0.6) is 0 Å². The molecular formula is C16H23N3OS2. The largest absolute Gasteiger partial charge is 0.396 e. The van der Waals surface area contributed by atoms with E-state index < -0.39 is 0 Å². The van der Waals surface area contributed by atoms with Gasteiger partial charge in [-0.25, -0.2) is 4.98 Å². The number of aliphatic hydroxyl groups excluding tert-OH is 1. The molecule has 6 heteroatoms. The Balaban J connectivity index is 1.60. The zero-order valence-corrected chi connectivity index (χ0v) is 14.6. The summed E-state index contributed by atoms with van der Waals surface area (Å²) in [7, 11) is 0. The summed E-state index contributed by atoms with van der Waals surface area (Å²) in [6, 6.07) is 2.64. The minimum atomic E-state index is 0.262. The number of piperazine rings is 1. The topological polar surface area (TPSA) is 39.6 Å². The van der Waals surface area contributed by atoms with Gasteiger partial charge in [-0.2, -0.15) is 11.3 Å². The lowest BCUT2D eigenvalue weighted by atomic mass is 10.1. The van der Waals surface area contributed by atoms with Crippen molar-refractivity contribution in [3.63, 3.8) is 0 Å². The van der Waals surface area contributed by atoms with Crippen LogP contribution in [0, 0.1) is 6.92 Å². The van der Waals surface area contributed by atoms with E-state index in [-0.39, 0.29) is 6.61 Å². The molecule has 1 aliphatic heterocycles. The van der Waals surface area contributed by atoms with E-state index in [9.17, 15) is 5.11 Å². The molecule has 0 spiro atoms. The molecule has 3 rings (SSSR count). The first-order valence-electron chi connectivity index (χ1n) is 7.74. The Morgan fingerprint density at radius 3 is 2.95 bits per heavy atom. The normalized spacial score (nSPS) is 20.5. The Morgan fingerprint density at radius 1 is 1.36 bits per heavy atom. The first kappa shape index (κ1) is 16.1. The second-order valence-electron chi connectivity index (χ2n) is 5.85. The van der Waals surface area contributed by atoms with E-state index in [1.165, 1.54) is 10.4 Å². The van der Waals surface area contributed by atoms with E-state index in [2.05, 4.69) is 38.5 Å². The van der Waals surface area contributed by atoms with Crippen molar-refractivity contribution < 1.29 is 5.11 Å². The molecule has 2 aromatic heterocycles. The van der Waals surface area contributed by atoms with Crippen molar-refractivity contribution in [1.29, 1.82) is 0 Å². The molecule has 0 radical (unpaired) electrons. The highest BCUT2D eigenvalue weighted by Gasteiger charge is 2.26. The number of aliphatic hydroxyl groups is 1. The average Bonchev–Trinajstić information content (AvgIpc) is 3.14. The predicted octanol–water partition coefficient (Wildman–Crippen LogP) is 2.58. The number of nitrogens with zero attached hydrogens (tertiary/aromatic N) is 3. The standard InChI is InChI=1S/C16H23N3OS2/c1-13-17-8-16(22-13)11-18-4-5-19(15(10-18)2-6-20)9-14-3-7-21-12-14/h3,7-8,12,15,20H,2,4-6,9-11H2,1H3. The Hall–Kier alpha value is -0.790. The minimum Gasteiger partial charge on any atom is -0.396 e. The van der Waals surface area contributed by atoms with Crippen LogP contribution in [0.2, 0.25) is 0 Å². The van der Waals surface area contributed by atoms with Crippen LogP contribution in [0.4, 0.5) is 0 Å². The Bertz CT molecular complexity index is 570. The molecule has 1 unspecified atom stereocenters. The second kappa shape index (κ2) is 7.66. The number of hydrogen-bond donors (Lipinski definition) is 1. The molecule has 0 amide bonds. The smallest absolute Gasteiger partial charge is 0.0897 e. The molecule has 1 fully saturated rings. The van der Waals surface area contributed by atoms with Gasteiger partial charge in [0.15, 0.2) is 0 Å². The van der Waals surface area contributed by atoms with E-state index in [4.69, 9.17) is 0 Å². The van der Waals surface area contributed by atoms with Gasteiger partial charge in [-0.15, -0.1) is 11.3 Å². The molecule has 120 valence electrons. The van der Waals surface area contributed by atoms with E-state index >= 15 is 0 Å². The lowest BCUT2D eigenvalue weighted by Crippen LogP contribution is -2.52. The first-order chi connectivity index (χ1) is 10.7. The van der Waals surface area contributed by atoms with Gasteiger partial charge in [0.2, 0.25) is 0 Å². The Kier molecular flexibility index (Phi) is 5.60. The quantitative estimate of drug-likeness (QED) is 0.879. The molecule has 22 heavy (non-hydrogen) atoms. The van der Waals surface area contributed by atoms with Crippen LogP contribution in [0.1, 0.15) is 21.9 Å². The van der Waals surface area contributed by atoms with Gasteiger partial charge in [0.05, 0.1) is 5.01 Å². The maximum Gasteiger partial charge on any atom is 0.0897 e. The summed E-state index contributed by atoms with van der Waals surface area (Å²) in [5, 5.41) is 14.9. The summed E-state index contributed by atoms with van der Waals surface area (Å²) < 4.78 is 0. The van der Waals surface area contributed by atoms with Gasteiger partial charge >= 0.3 is 0 Å². The number of thiazole rings is 1. The van der Waals surface area contributed by atoms with Crippen molar-refractivity contribution in [1.82, 2.24) is 14.8 Å². The molecule has 4 nitrogen and oxygen atoms in total. The minimum absolute atomic E-state index is 0.262.